The van der Waals surface area contributed by atoms with Gasteiger partial charge in [0.2, 0.25) is 0 Å². The molecule has 78 valence electrons. The summed E-state index contributed by atoms with van der Waals surface area (Å²) in [5, 5.41) is 9.33. The predicted octanol–water partition coefficient (Wildman–Crippen LogP) is 2.04. The smallest absolute Gasteiger partial charge is 0.269 e. The summed E-state index contributed by atoms with van der Waals surface area (Å²) in [7, 11) is 0. The average molecular weight is 188 g/mol. The van der Waals surface area contributed by atoms with Gasteiger partial charge in [-0.1, -0.05) is 19.3 Å². The van der Waals surface area contributed by atoms with Crippen molar-refractivity contribution in [1.29, 1.82) is 0 Å². The van der Waals surface area contributed by atoms with Gasteiger partial charge in [0.05, 0.1) is 12.2 Å². The lowest BCUT2D eigenvalue weighted by Crippen LogP contribution is -2.28. The Kier molecular flexibility index (Phi) is 4.70. The lowest BCUT2D eigenvalue weighted by molar-refractivity contribution is -0.296. The molecule has 0 saturated heterocycles. The zero-order valence-corrected chi connectivity index (χ0v) is 8.53. The first-order chi connectivity index (χ1) is 6.18. The van der Waals surface area contributed by atoms with E-state index in [9.17, 15) is 5.11 Å². The fraction of sp³-hybridized carbons (Fsp3) is 1.00. The molecule has 0 aliphatic heterocycles. The molecule has 0 bridgehead atoms. The van der Waals surface area contributed by atoms with Crippen molar-refractivity contribution in [3.05, 3.63) is 0 Å². The van der Waals surface area contributed by atoms with Gasteiger partial charge in [-0.05, 0) is 26.7 Å². The van der Waals surface area contributed by atoms with E-state index in [1.165, 1.54) is 19.3 Å². The topological polar surface area (TPSA) is 38.7 Å². The van der Waals surface area contributed by atoms with Gasteiger partial charge in [-0.25, -0.2) is 0 Å². The van der Waals surface area contributed by atoms with Crippen LogP contribution < -0.4 is 0 Å². The lowest BCUT2D eigenvalue weighted by atomic mass is 9.98. The van der Waals surface area contributed by atoms with Crippen molar-refractivity contribution in [3.63, 3.8) is 0 Å². The van der Waals surface area contributed by atoms with Crippen LogP contribution in [0.3, 0.4) is 0 Å². The molecule has 1 aliphatic rings. The lowest BCUT2D eigenvalue weighted by Gasteiger charge is -2.25. The maximum atomic E-state index is 9.33. The highest BCUT2D eigenvalue weighted by atomic mass is 16.8. The molecule has 0 radical (unpaired) electrons. The van der Waals surface area contributed by atoms with Crippen LogP contribution in [0, 0.1) is 0 Å². The van der Waals surface area contributed by atoms with Gasteiger partial charge >= 0.3 is 0 Å². The first kappa shape index (κ1) is 11.0. The van der Waals surface area contributed by atoms with Crippen LogP contribution in [0.15, 0.2) is 0 Å². The van der Waals surface area contributed by atoms with E-state index in [-0.39, 0.29) is 12.2 Å². The predicted molar refractivity (Wildman–Crippen MR) is 50.2 cm³/mol. The van der Waals surface area contributed by atoms with Crippen LogP contribution in [-0.2, 0) is 9.47 Å². The second-order valence-electron chi connectivity index (χ2n) is 3.89. The molecule has 1 N–H and O–H groups in total. The van der Waals surface area contributed by atoms with Crippen molar-refractivity contribution in [2.75, 3.05) is 0 Å². The third-order valence-corrected chi connectivity index (χ3v) is 2.25. The van der Waals surface area contributed by atoms with Gasteiger partial charge < -0.3 is 14.6 Å². The molecule has 0 aromatic rings. The van der Waals surface area contributed by atoms with Crippen LogP contribution >= 0.6 is 0 Å². The number of hydrogen-bond donors (Lipinski definition) is 1. The Hall–Kier alpha value is -0.120. The first-order valence-corrected chi connectivity index (χ1v) is 5.17. The Morgan fingerprint density at radius 3 is 2.31 bits per heavy atom. The monoisotopic (exact) mass is 188 g/mol. The highest BCUT2D eigenvalue weighted by Gasteiger charge is 2.18. The van der Waals surface area contributed by atoms with E-state index in [1.54, 1.807) is 0 Å². The minimum Gasteiger partial charge on any atom is -0.346 e. The van der Waals surface area contributed by atoms with Gasteiger partial charge in [-0.15, -0.1) is 0 Å². The molecular weight excluding hydrogens is 168 g/mol. The molecule has 1 atom stereocenters. The van der Waals surface area contributed by atoms with Crippen molar-refractivity contribution >= 4 is 0 Å². The third kappa shape index (κ3) is 4.60. The summed E-state index contributed by atoms with van der Waals surface area (Å²) in [6.45, 7) is 2.73. The van der Waals surface area contributed by atoms with E-state index in [0.29, 0.717) is 0 Å². The van der Waals surface area contributed by atoms with Crippen molar-refractivity contribution in [1.82, 2.24) is 0 Å². The molecular formula is C10H20O3. The van der Waals surface area contributed by atoms with Crippen LogP contribution in [0.25, 0.3) is 0 Å². The van der Waals surface area contributed by atoms with Gasteiger partial charge in [0.15, 0.2) is 0 Å². The van der Waals surface area contributed by atoms with Crippen LogP contribution in [0.5, 0.6) is 0 Å². The van der Waals surface area contributed by atoms with Crippen molar-refractivity contribution < 1.29 is 14.6 Å². The fourth-order valence-corrected chi connectivity index (χ4v) is 1.63. The van der Waals surface area contributed by atoms with E-state index in [2.05, 4.69) is 0 Å². The molecule has 3 nitrogen and oxygen atoms in total. The van der Waals surface area contributed by atoms with E-state index >= 15 is 0 Å². The molecule has 3 heteroatoms. The maximum Gasteiger partial charge on any atom is 0.269 e. The largest absolute Gasteiger partial charge is 0.346 e. The third-order valence-electron chi connectivity index (χ3n) is 2.25. The first-order valence-electron chi connectivity index (χ1n) is 5.17. The van der Waals surface area contributed by atoms with Crippen molar-refractivity contribution in [2.45, 2.75) is 64.6 Å². The summed E-state index contributed by atoms with van der Waals surface area (Å²) in [4.78, 5) is 0. The fourth-order valence-electron chi connectivity index (χ4n) is 1.63. The molecule has 0 spiro atoms. The Labute approximate surface area is 80.0 Å². The molecule has 0 aromatic heterocycles. The number of hydrogen-bond acceptors (Lipinski definition) is 3. The number of ether oxygens (including phenoxy) is 2. The zero-order valence-electron chi connectivity index (χ0n) is 8.53. The van der Waals surface area contributed by atoms with E-state index in [0.717, 1.165) is 12.8 Å². The zero-order chi connectivity index (χ0) is 9.68. The second kappa shape index (κ2) is 5.58. The maximum absolute atomic E-state index is 9.33. The van der Waals surface area contributed by atoms with Crippen LogP contribution in [0.1, 0.15) is 46.0 Å². The summed E-state index contributed by atoms with van der Waals surface area (Å²) < 4.78 is 10.4. The highest BCUT2D eigenvalue weighted by Crippen LogP contribution is 2.21. The van der Waals surface area contributed by atoms with E-state index in [1.807, 2.05) is 13.8 Å². The van der Waals surface area contributed by atoms with Crippen LogP contribution in [0.2, 0.25) is 0 Å². The number of rotatable bonds is 4. The quantitative estimate of drug-likeness (QED) is 0.686. The van der Waals surface area contributed by atoms with Gasteiger partial charge in [-0.2, -0.15) is 0 Å². The summed E-state index contributed by atoms with van der Waals surface area (Å²) >= 11 is 0. The standard InChI is InChI=1S/C10H20O3/c1-8(2)12-10(11)13-9-6-4-3-5-7-9/h8-11H,3-7H2,1-2H3. The van der Waals surface area contributed by atoms with E-state index in [4.69, 9.17) is 9.47 Å². The number of aliphatic hydroxyl groups is 1. The normalized spacial score (nSPS) is 22.2. The minimum absolute atomic E-state index is 0.0126. The van der Waals surface area contributed by atoms with Gasteiger partial charge in [-0.3, -0.25) is 0 Å². The summed E-state index contributed by atoms with van der Waals surface area (Å²) in [6, 6.07) is 0. The molecule has 1 fully saturated rings. The minimum atomic E-state index is -1.04. The summed E-state index contributed by atoms with van der Waals surface area (Å²) in [5.41, 5.74) is 0. The second-order valence-corrected chi connectivity index (χ2v) is 3.89. The highest BCUT2D eigenvalue weighted by molar-refractivity contribution is 4.64. The van der Waals surface area contributed by atoms with Crippen LogP contribution in [-0.4, -0.2) is 23.8 Å². The van der Waals surface area contributed by atoms with Gasteiger partial charge in [0.1, 0.15) is 0 Å². The Bertz CT molecular complexity index is 130. The molecule has 1 rings (SSSR count). The number of aliphatic hydroxyl groups excluding tert-OH is 1. The Morgan fingerprint density at radius 1 is 1.15 bits per heavy atom. The average Bonchev–Trinajstić information content (AvgIpc) is 2.04. The molecule has 1 unspecified atom stereocenters. The molecule has 0 aromatic carbocycles. The molecule has 0 amide bonds. The Balaban J connectivity index is 2.14. The SMILES string of the molecule is CC(C)OC(O)OC1CCCCC1. The Morgan fingerprint density at radius 2 is 1.77 bits per heavy atom. The van der Waals surface area contributed by atoms with Gasteiger partial charge in [0.25, 0.3) is 6.48 Å². The molecule has 13 heavy (non-hydrogen) atoms. The van der Waals surface area contributed by atoms with Crippen molar-refractivity contribution in [3.8, 4) is 0 Å². The molecule has 1 aliphatic carbocycles. The summed E-state index contributed by atoms with van der Waals surface area (Å²) in [6.07, 6.45) is 6.02. The van der Waals surface area contributed by atoms with Crippen molar-refractivity contribution in [2.24, 2.45) is 0 Å². The summed E-state index contributed by atoms with van der Waals surface area (Å²) in [5.74, 6) is 0. The van der Waals surface area contributed by atoms with Crippen LogP contribution in [0.4, 0.5) is 0 Å². The molecule has 1 saturated carbocycles. The van der Waals surface area contributed by atoms with E-state index < -0.39 is 6.48 Å². The van der Waals surface area contributed by atoms with Gasteiger partial charge in [0, 0.05) is 0 Å². The molecule has 0 heterocycles.